The van der Waals surface area contributed by atoms with Crippen molar-refractivity contribution in [3.8, 4) is 0 Å². The average molecular weight is 248 g/mol. The van der Waals surface area contributed by atoms with E-state index in [1.807, 2.05) is 24.3 Å². The summed E-state index contributed by atoms with van der Waals surface area (Å²) in [5.74, 6) is 0. The number of hydrogen-bond donors (Lipinski definition) is 1. The molecule has 0 amide bonds. The summed E-state index contributed by atoms with van der Waals surface area (Å²) >= 11 is 6.01. The summed E-state index contributed by atoms with van der Waals surface area (Å²) in [6.07, 6.45) is 1.45. The topological polar surface area (TPSA) is 21.3 Å². The first-order chi connectivity index (χ1) is 6.86. The van der Waals surface area contributed by atoms with Crippen molar-refractivity contribution in [2.75, 3.05) is 13.1 Å². The highest BCUT2D eigenvalue weighted by atomic mass is 35.5. The lowest BCUT2D eigenvalue weighted by atomic mass is 10.2. The van der Waals surface area contributed by atoms with E-state index in [0.29, 0.717) is 12.7 Å². The molecule has 1 atom stereocenters. The first-order valence-corrected chi connectivity index (χ1v) is 5.30. The lowest BCUT2D eigenvalue weighted by molar-refractivity contribution is 0.0543. The Morgan fingerprint density at radius 2 is 2.20 bits per heavy atom. The predicted octanol–water partition coefficient (Wildman–Crippen LogP) is 2.64. The summed E-state index contributed by atoms with van der Waals surface area (Å²) in [4.78, 5) is 0. The van der Waals surface area contributed by atoms with Gasteiger partial charge in [0.1, 0.15) is 0 Å². The van der Waals surface area contributed by atoms with Crippen molar-refractivity contribution in [1.82, 2.24) is 5.32 Å². The van der Waals surface area contributed by atoms with Crippen molar-refractivity contribution in [1.29, 1.82) is 0 Å². The molecule has 2 rings (SSSR count). The van der Waals surface area contributed by atoms with Gasteiger partial charge in [0.25, 0.3) is 0 Å². The normalized spacial score (nSPS) is 19.9. The van der Waals surface area contributed by atoms with Gasteiger partial charge < -0.3 is 10.1 Å². The van der Waals surface area contributed by atoms with Gasteiger partial charge in [-0.3, -0.25) is 0 Å². The van der Waals surface area contributed by atoms with E-state index in [1.54, 1.807) is 0 Å². The van der Waals surface area contributed by atoms with Crippen molar-refractivity contribution >= 4 is 24.0 Å². The molecule has 0 aliphatic carbocycles. The maximum atomic E-state index is 6.01. The molecule has 84 valence electrons. The fraction of sp³-hybridized carbons (Fsp3) is 0.455. The zero-order valence-corrected chi connectivity index (χ0v) is 9.98. The average Bonchev–Trinajstić information content (AvgIpc) is 2.69. The number of ether oxygens (including phenoxy) is 1. The third-order valence-electron chi connectivity index (χ3n) is 2.45. The van der Waals surface area contributed by atoms with Crippen LogP contribution in [0.5, 0.6) is 0 Å². The third kappa shape index (κ3) is 3.65. The zero-order chi connectivity index (χ0) is 9.80. The van der Waals surface area contributed by atoms with Crippen molar-refractivity contribution in [3.63, 3.8) is 0 Å². The molecular weight excluding hydrogens is 233 g/mol. The minimum Gasteiger partial charge on any atom is -0.372 e. The fourth-order valence-electron chi connectivity index (χ4n) is 1.59. The highest BCUT2D eigenvalue weighted by Crippen LogP contribution is 2.17. The summed E-state index contributed by atoms with van der Waals surface area (Å²) < 4.78 is 5.72. The summed E-state index contributed by atoms with van der Waals surface area (Å²) in [6.45, 7) is 2.64. The predicted molar refractivity (Wildman–Crippen MR) is 64.8 cm³/mol. The minimum atomic E-state index is 0. The standard InChI is InChI=1S/C11H14ClNO.ClH/c12-11-4-2-1-3-9(11)8-14-10-5-6-13-7-10;/h1-4,10,13H,5-8H2;1H. The van der Waals surface area contributed by atoms with Crippen LogP contribution in [0, 0.1) is 0 Å². The van der Waals surface area contributed by atoms with Crippen molar-refractivity contribution < 1.29 is 4.74 Å². The van der Waals surface area contributed by atoms with Gasteiger partial charge in [-0.2, -0.15) is 0 Å². The van der Waals surface area contributed by atoms with Crippen LogP contribution in [0.15, 0.2) is 24.3 Å². The quantitative estimate of drug-likeness (QED) is 0.887. The van der Waals surface area contributed by atoms with Crippen LogP contribution in [0.1, 0.15) is 12.0 Å². The molecule has 15 heavy (non-hydrogen) atoms. The monoisotopic (exact) mass is 247 g/mol. The maximum absolute atomic E-state index is 6.01. The molecule has 0 spiro atoms. The summed E-state index contributed by atoms with van der Waals surface area (Å²) in [6, 6.07) is 7.82. The molecule has 1 aliphatic rings. The smallest absolute Gasteiger partial charge is 0.0735 e. The van der Waals surface area contributed by atoms with Crippen LogP contribution in [0.4, 0.5) is 0 Å². The fourth-order valence-corrected chi connectivity index (χ4v) is 1.78. The Kier molecular flexibility index (Phi) is 5.40. The SMILES string of the molecule is Cl.Clc1ccccc1COC1CCNC1. The van der Waals surface area contributed by atoms with E-state index in [2.05, 4.69) is 5.32 Å². The van der Waals surface area contributed by atoms with Crippen LogP contribution in [0.25, 0.3) is 0 Å². The second kappa shape index (κ2) is 6.33. The molecule has 1 saturated heterocycles. The molecular formula is C11H15Cl2NO. The molecule has 1 aliphatic heterocycles. The van der Waals surface area contributed by atoms with Crippen LogP contribution in [0.2, 0.25) is 5.02 Å². The van der Waals surface area contributed by atoms with Crippen molar-refractivity contribution in [3.05, 3.63) is 34.9 Å². The van der Waals surface area contributed by atoms with E-state index in [0.717, 1.165) is 30.1 Å². The van der Waals surface area contributed by atoms with Crippen LogP contribution in [0.3, 0.4) is 0 Å². The largest absolute Gasteiger partial charge is 0.372 e. The zero-order valence-electron chi connectivity index (χ0n) is 8.41. The first-order valence-electron chi connectivity index (χ1n) is 4.92. The molecule has 1 aromatic carbocycles. The Labute approximate surface area is 101 Å². The van der Waals surface area contributed by atoms with E-state index in [-0.39, 0.29) is 12.4 Å². The van der Waals surface area contributed by atoms with Crippen LogP contribution < -0.4 is 5.32 Å². The second-order valence-corrected chi connectivity index (χ2v) is 3.92. The van der Waals surface area contributed by atoms with Gasteiger partial charge in [0, 0.05) is 11.6 Å². The van der Waals surface area contributed by atoms with Gasteiger partial charge in [0.15, 0.2) is 0 Å². The van der Waals surface area contributed by atoms with Gasteiger partial charge in [-0.1, -0.05) is 29.8 Å². The number of benzene rings is 1. The first kappa shape index (κ1) is 12.8. The molecule has 1 heterocycles. The lowest BCUT2D eigenvalue weighted by Crippen LogP contribution is -2.16. The van der Waals surface area contributed by atoms with E-state index < -0.39 is 0 Å². The number of hydrogen-bond acceptors (Lipinski definition) is 2. The molecule has 1 N–H and O–H groups in total. The summed E-state index contributed by atoms with van der Waals surface area (Å²) in [7, 11) is 0. The lowest BCUT2D eigenvalue weighted by Gasteiger charge is -2.11. The Bertz CT molecular complexity index is 300. The highest BCUT2D eigenvalue weighted by molar-refractivity contribution is 6.31. The Morgan fingerprint density at radius 3 is 2.87 bits per heavy atom. The Hall–Kier alpha value is -0.280. The molecule has 1 unspecified atom stereocenters. The van der Waals surface area contributed by atoms with Crippen LogP contribution >= 0.6 is 24.0 Å². The Balaban J connectivity index is 0.00000112. The van der Waals surface area contributed by atoms with Gasteiger partial charge in [-0.05, 0) is 24.6 Å². The van der Waals surface area contributed by atoms with Crippen molar-refractivity contribution in [2.24, 2.45) is 0 Å². The third-order valence-corrected chi connectivity index (χ3v) is 2.82. The van der Waals surface area contributed by atoms with E-state index in [4.69, 9.17) is 16.3 Å². The van der Waals surface area contributed by atoms with Gasteiger partial charge in [0.2, 0.25) is 0 Å². The van der Waals surface area contributed by atoms with Crippen LogP contribution in [-0.4, -0.2) is 19.2 Å². The van der Waals surface area contributed by atoms with E-state index in [9.17, 15) is 0 Å². The van der Waals surface area contributed by atoms with Gasteiger partial charge in [-0.25, -0.2) is 0 Å². The van der Waals surface area contributed by atoms with Gasteiger partial charge in [-0.15, -0.1) is 12.4 Å². The molecule has 1 fully saturated rings. The molecule has 4 heteroatoms. The molecule has 0 aromatic heterocycles. The molecule has 0 bridgehead atoms. The van der Waals surface area contributed by atoms with E-state index in [1.165, 1.54) is 0 Å². The van der Waals surface area contributed by atoms with E-state index >= 15 is 0 Å². The molecule has 2 nitrogen and oxygen atoms in total. The van der Waals surface area contributed by atoms with Crippen LogP contribution in [-0.2, 0) is 11.3 Å². The number of nitrogens with one attached hydrogen (secondary N) is 1. The van der Waals surface area contributed by atoms with Gasteiger partial charge >= 0.3 is 0 Å². The van der Waals surface area contributed by atoms with Gasteiger partial charge in [0.05, 0.1) is 12.7 Å². The minimum absolute atomic E-state index is 0. The highest BCUT2D eigenvalue weighted by Gasteiger charge is 2.14. The maximum Gasteiger partial charge on any atom is 0.0735 e. The number of rotatable bonds is 3. The summed E-state index contributed by atoms with van der Waals surface area (Å²) in [5, 5.41) is 4.06. The molecule has 0 radical (unpaired) electrons. The number of halogens is 2. The second-order valence-electron chi connectivity index (χ2n) is 3.52. The van der Waals surface area contributed by atoms with Crippen molar-refractivity contribution in [2.45, 2.75) is 19.1 Å². The Morgan fingerprint density at radius 1 is 1.40 bits per heavy atom. The molecule has 1 aromatic rings. The summed E-state index contributed by atoms with van der Waals surface area (Å²) in [5.41, 5.74) is 1.07. The molecule has 0 saturated carbocycles.